The zero-order valence-electron chi connectivity index (χ0n) is 17.1. The summed E-state index contributed by atoms with van der Waals surface area (Å²) in [5, 5.41) is 7.68. The van der Waals surface area contributed by atoms with Crippen molar-refractivity contribution in [3.8, 4) is 11.5 Å². The molecule has 6 heteroatoms. The third kappa shape index (κ3) is 6.60. The van der Waals surface area contributed by atoms with Gasteiger partial charge in [-0.1, -0.05) is 36.4 Å². The van der Waals surface area contributed by atoms with E-state index in [1.807, 2.05) is 66.7 Å². The number of hydrazone groups is 1. The van der Waals surface area contributed by atoms with Crippen LogP contribution >= 0.6 is 12.2 Å². The van der Waals surface area contributed by atoms with Gasteiger partial charge in [0.1, 0.15) is 24.7 Å². The van der Waals surface area contributed by atoms with E-state index < -0.39 is 0 Å². The minimum absolute atomic E-state index is 0.414. The summed E-state index contributed by atoms with van der Waals surface area (Å²) in [7, 11) is 0. The quantitative estimate of drug-likeness (QED) is 0.231. The first-order valence-corrected chi connectivity index (χ1v) is 10.1. The average molecular weight is 420 g/mol. The Labute approximate surface area is 182 Å². The van der Waals surface area contributed by atoms with Crippen molar-refractivity contribution in [1.82, 2.24) is 5.43 Å². The van der Waals surface area contributed by atoms with Crippen LogP contribution in [-0.4, -0.2) is 24.5 Å². The number of nitrogens with zero attached hydrogens (tertiary/aromatic N) is 1. The Morgan fingerprint density at radius 1 is 0.900 bits per heavy atom. The molecule has 0 aliphatic heterocycles. The Balaban J connectivity index is 1.48. The number of ether oxygens (including phenoxy) is 2. The second-order valence-corrected chi connectivity index (χ2v) is 7.08. The lowest BCUT2D eigenvalue weighted by Crippen LogP contribution is -2.23. The normalized spacial score (nSPS) is 10.6. The Morgan fingerprint density at radius 2 is 1.63 bits per heavy atom. The van der Waals surface area contributed by atoms with E-state index in [9.17, 15) is 0 Å². The van der Waals surface area contributed by atoms with Gasteiger partial charge in [-0.2, -0.15) is 5.10 Å². The molecule has 0 spiro atoms. The summed E-state index contributed by atoms with van der Waals surface area (Å²) in [5.41, 5.74) is 7.02. The number of anilines is 1. The summed E-state index contributed by atoms with van der Waals surface area (Å²) in [5.74, 6) is 1.58. The molecule has 154 valence electrons. The van der Waals surface area contributed by atoms with Crippen LogP contribution in [0.1, 0.15) is 16.7 Å². The fraction of sp³-hybridized carbons (Fsp3) is 0.167. The fourth-order valence-corrected chi connectivity index (χ4v) is 2.85. The molecule has 0 aromatic heterocycles. The number of aryl methyl sites for hydroxylation is 2. The van der Waals surface area contributed by atoms with Gasteiger partial charge in [-0.05, 0) is 73.6 Å². The Hall–Kier alpha value is -3.38. The van der Waals surface area contributed by atoms with Gasteiger partial charge in [0.2, 0.25) is 0 Å². The van der Waals surface area contributed by atoms with Crippen molar-refractivity contribution < 1.29 is 9.47 Å². The highest BCUT2D eigenvalue weighted by atomic mass is 32.1. The number of rotatable bonds is 8. The topological polar surface area (TPSA) is 54.9 Å². The molecule has 0 unspecified atom stereocenters. The van der Waals surface area contributed by atoms with Crippen molar-refractivity contribution in [3.63, 3.8) is 0 Å². The molecule has 5 nitrogen and oxygen atoms in total. The van der Waals surface area contributed by atoms with Crippen LogP contribution in [0.3, 0.4) is 0 Å². The maximum absolute atomic E-state index is 5.87. The first-order chi connectivity index (χ1) is 14.6. The fourth-order valence-electron chi connectivity index (χ4n) is 2.67. The Morgan fingerprint density at radius 3 is 2.43 bits per heavy atom. The van der Waals surface area contributed by atoms with E-state index in [1.54, 1.807) is 6.21 Å². The van der Waals surface area contributed by atoms with E-state index in [-0.39, 0.29) is 0 Å². The number of thiocarbonyl (C=S) groups is 1. The highest BCUT2D eigenvalue weighted by Crippen LogP contribution is 2.18. The van der Waals surface area contributed by atoms with E-state index >= 15 is 0 Å². The number of nitrogens with one attached hydrogen (secondary N) is 2. The lowest BCUT2D eigenvalue weighted by molar-refractivity contribution is 0.217. The van der Waals surface area contributed by atoms with Gasteiger partial charge in [-0.3, -0.25) is 5.43 Å². The molecular formula is C24H25N3O2S. The maximum Gasteiger partial charge on any atom is 0.191 e. The molecule has 2 N–H and O–H groups in total. The Kier molecular flexibility index (Phi) is 7.80. The minimum Gasteiger partial charge on any atom is -0.490 e. The van der Waals surface area contributed by atoms with Gasteiger partial charge in [0.05, 0.1) is 6.21 Å². The molecular weight excluding hydrogens is 394 g/mol. The van der Waals surface area contributed by atoms with Gasteiger partial charge in [0.15, 0.2) is 5.11 Å². The zero-order valence-corrected chi connectivity index (χ0v) is 17.9. The van der Waals surface area contributed by atoms with Crippen LogP contribution in [0, 0.1) is 13.8 Å². The molecule has 3 aromatic rings. The third-order valence-electron chi connectivity index (χ3n) is 4.41. The van der Waals surface area contributed by atoms with Gasteiger partial charge < -0.3 is 14.8 Å². The summed E-state index contributed by atoms with van der Waals surface area (Å²) in [6.45, 7) is 5.04. The predicted octanol–water partition coefficient (Wildman–Crippen LogP) is 5.08. The first-order valence-electron chi connectivity index (χ1n) is 9.69. The summed E-state index contributed by atoms with van der Waals surface area (Å²) < 4.78 is 11.6. The molecule has 0 bridgehead atoms. The summed E-state index contributed by atoms with van der Waals surface area (Å²) >= 11 is 5.25. The second kappa shape index (κ2) is 11.0. The van der Waals surface area contributed by atoms with Crippen LogP contribution in [0.15, 0.2) is 77.9 Å². The SMILES string of the molecule is Cc1ccc(OCCOc2ccccc2/C=N\NC(=S)Nc2ccccc2)cc1C. The molecule has 0 fully saturated rings. The van der Waals surface area contributed by atoms with Crippen LogP contribution in [0.5, 0.6) is 11.5 Å². The van der Waals surface area contributed by atoms with E-state index in [4.69, 9.17) is 21.7 Å². The van der Waals surface area contributed by atoms with Crippen molar-refractivity contribution in [2.75, 3.05) is 18.5 Å². The number of hydrogen-bond acceptors (Lipinski definition) is 4. The predicted molar refractivity (Wildman–Crippen MR) is 127 cm³/mol. The van der Waals surface area contributed by atoms with Crippen LogP contribution in [-0.2, 0) is 0 Å². The summed E-state index contributed by atoms with van der Waals surface area (Å²) in [6.07, 6.45) is 1.68. The molecule has 0 atom stereocenters. The largest absolute Gasteiger partial charge is 0.490 e. The van der Waals surface area contributed by atoms with Crippen molar-refractivity contribution in [2.45, 2.75) is 13.8 Å². The smallest absolute Gasteiger partial charge is 0.191 e. The lowest BCUT2D eigenvalue weighted by Gasteiger charge is -2.11. The van der Waals surface area contributed by atoms with E-state index in [1.165, 1.54) is 11.1 Å². The van der Waals surface area contributed by atoms with Crippen LogP contribution in [0.25, 0.3) is 0 Å². The molecule has 0 aliphatic carbocycles. The number of hydrogen-bond donors (Lipinski definition) is 2. The van der Waals surface area contributed by atoms with Gasteiger partial charge in [0, 0.05) is 11.3 Å². The van der Waals surface area contributed by atoms with Crippen LogP contribution in [0.2, 0.25) is 0 Å². The highest BCUT2D eigenvalue weighted by Gasteiger charge is 2.02. The summed E-state index contributed by atoms with van der Waals surface area (Å²) in [6, 6.07) is 23.4. The molecule has 0 saturated heterocycles. The molecule has 30 heavy (non-hydrogen) atoms. The average Bonchev–Trinajstić information content (AvgIpc) is 2.75. The van der Waals surface area contributed by atoms with Crippen LogP contribution < -0.4 is 20.2 Å². The highest BCUT2D eigenvalue weighted by molar-refractivity contribution is 7.80. The molecule has 0 radical (unpaired) electrons. The van der Waals surface area contributed by atoms with Gasteiger partial charge in [-0.15, -0.1) is 0 Å². The molecule has 0 aliphatic rings. The third-order valence-corrected chi connectivity index (χ3v) is 4.60. The van der Waals surface area contributed by atoms with E-state index in [0.29, 0.717) is 18.3 Å². The zero-order chi connectivity index (χ0) is 21.2. The molecule has 3 aromatic carbocycles. The molecule has 0 saturated carbocycles. The number of para-hydroxylation sites is 2. The van der Waals surface area contributed by atoms with Crippen molar-refractivity contribution in [2.24, 2.45) is 5.10 Å². The van der Waals surface area contributed by atoms with E-state index in [0.717, 1.165) is 22.7 Å². The molecule has 0 amide bonds. The standard InChI is InChI=1S/C24H25N3O2S/c1-18-12-13-22(16-19(18)2)28-14-15-29-23-11-7-6-8-20(23)17-25-27-24(30)26-21-9-4-3-5-10-21/h3-13,16-17H,14-15H2,1-2H3,(H2,26,27,30)/b25-17-. The van der Waals surface area contributed by atoms with Crippen molar-refractivity contribution in [1.29, 1.82) is 0 Å². The van der Waals surface area contributed by atoms with Crippen molar-refractivity contribution in [3.05, 3.63) is 89.5 Å². The van der Waals surface area contributed by atoms with Crippen LogP contribution in [0.4, 0.5) is 5.69 Å². The van der Waals surface area contributed by atoms with Gasteiger partial charge in [-0.25, -0.2) is 0 Å². The van der Waals surface area contributed by atoms with Crippen molar-refractivity contribution >= 4 is 29.2 Å². The molecule has 3 rings (SSSR count). The van der Waals surface area contributed by atoms with Gasteiger partial charge in [0.25, 0.3) is 0 Å². The molecule has 0 heterocycles. The number of benzene rings is 3. The Bertz CT molecular complexity index is 1010. The van der Waals surface area contributed by atoms with Gasteiger partial charge >= 0.3 is 0 Å². The second-order valence-electron chi connectivity index (χ2n) is 6.67. The van der Waals surface area contributed by atoms with E-state index in [2.05, 4.69) is 35.8 Å². The first kappa shape index (κ1) is 21.3. The summed E-state index contributed by atoms with van der Waals surface area (Å²) in [4.78, 5) is 0. The minimum atomic E-state index is 0.414. The maximum atomic E-state index is 5.87. The monoisotopic (exact) mass is 419 g/mol. The lowest BCUT2D eigenvalue weighted by atomic mass is 10.1.